The van der Waals surface area contributed by atoms with Crippen molar-refractivity contribution in [3.8, 4) is 0 Å². The minimum atomic E-state index is -4.46. The lowest BCUT2D eigenvalue weighted by Crippen LogP contribution is -2.49. The number of ketones is 1. The summed E-state index contributed by atoms with van der Waals surface area (Å²) < 4.78 is 38.5. The first-order chi connectivity index (χ1) is 15.9. The normalized spacial score (nSPS) is 20.2. The van der Waals surface area contributed by atoms with Crippen molar-refractivity contribution in [3.05, 3.63) is 41.2 Å². The van der Waals surface area contributed by atoms with Crippen LogP contribution in [0.5, 0.6) is 0 Å². The quantitative estimate of drug-likeness (QED) is 0.584. The Hall–Kier alpha value is -2.72. The highest BCUT2D eigenvalue weighted by Gasteiger charge is 2.32. The van der Waals surface area contributed by atoms with Crippen molar-refractivity contribution in [3.63, 3.8) is 0 Å². The van der Waals surface area contributed by atoms with Gasteiger partial charge in [-0.05, 0) is 23.6 Å². The molecule has 2 aliphatic rings. The maximum atomic E-state index is 12.8. The van der Waals surface area contributed by atoms with Crippen LogP contribution in [0.15, 0.2) is 40.6 Å². The summed E-state index contributed by atoms with van der Waals surface area (Å²) in [6, 6.07) is 4.59. The number of benzene rings is 1. The molecule has 7 nitrogen and oxygen atoms in total. The van der Waals surface area contributed by atoms with Crippen LogP contribution in [0.2, 0.25) is 0 Å². The highest BCUT2D eigenvalue weighted by Crippen LogP contribution is 2.35. The molecule has 1 amide bonds. The third-order valence-corrected chi connectivity index (χ3v) is 5.97. The summed E-state index contributed by atoms with van der Waals surface area (Å²) in [5.74, 6) is -0.345. The van der Waals surface area contributed by atoms with Crippen LogP contribution in [-0.2, 0) is 15.8 Å². The summed E-state index contributed by atoms with van der Waals surface area (Å²) in [5.41, 5.74) is -0.611. The highest BCUT2D eigenvalue weighted by molar-refractivity contribution is 6.14. The Bertz CT molecular complexity index is 964. The molecule has 1 aromatic rings. The predicted molar refractivity (Wildman–Crippen MR) is 124 cm³/mol. The molecule has 1 aromatic carbocycles. The van der Waals surface area contributed by atoms with Gasteiger partial charge in [-0.1, -0.05) is 19.9 Å². The smallest absolute Gasteiger partial charge is 0.416 e. The summed E-state index contributed by atoms with van der Waals surface area (Å²) in [4.78, 5) is 32.9. The molecule has 186 valence electrons. The lowest BCUT2D eigenvalue weighted by atomic mass is 9.77. The fourth-order valence-electron chi connectivity index (χ4n) is 4.15. The fraction of sp³-hybridized carbons (Fsp3) is 0.542. The Morgan fingerprint density at radius 1 is 1.18 bits per heavy atom. The average molecular weight is 481 g/mol. The number of allylic oxidation sites excluding steroid dienone is 2. The number of aliphatic imine (C=N–C) groups is 1. The first-order valence-electron chi connectivity index (χ1n) is 11.3. The molecule has 0 saturated carbocycles. The van der Waals surface area contributed by atoms with E-state index in [0.717, 1.165) is 25.2 Å². The first kappa shape index (κ1) is 25.9. The van der Waals surface area contributed by atoms with Gasteiger partial charge in [-0.2, -0.15) is 13.2 Å². The Kier molecular flexibility index (Phi) is 8.14. The maximum Gasteiger partial charge on any atom is 0.416 e. The number of halogens is 3. The molecule has 1 aliphatic heterocycles. The number of piperazine rings is 1. The Morgan fingerprint density at radius 3 is 2.50 bits per heavy atom. The molecule has 0 radical (unpaired) electrons. The molecule has 0 spiro atoms. The molecule has 0 bridgehead atoms. The van der Waals surface area contributed by atoms with E-state index in [2.05, 4.69) is 15.2 Å². The van der Waals surface area contributed by atoms with Crippen LogP contribution in [0.3, 0.4) is 0 Å². The number of hydrogen-bond acceptors (Lipinski definition) is 6. The Balaban J connectivity index is 1.39. The van der Waals surface area contributed by atoms with Gasteiger partial charge in [0, 0.05) is 57.5 Å². The van der Waals surface area contributed by atoms with Crippen LogP contribution in [0.1, 0.15) is 32.3 Å². The Labute approximate surface area is 197 Å². The van der Waals surface area contributed by atoms with E-state index in [-0.39, 0.29) is 35.1 Å². The van der Waals surface area contributed by atoms with Crippen molar-refractivity contribution in [2.75, 3.05) is 51.1 Å². The molecule has 3 rings (SSSR count). The molecular weight excluding hydrogens is 449 g/mol. The maximum absolute atomic E-state index is 12.8. The van der Waals surface area contributed by atoms with E-state index in [1.807, 2.05) is 18.7 Å². The van der Waals surface area contributed by atoms with E-state index < -0.39 is 11.7 Å². The minimum absolute atomic E-state index is 0.0884. The number of aliphatic hydroxyl groups is 1. The lowest BCUT2D eigenvalue weighted by Gasteiger charge is -2.34. The molecule has 2 N–H and O–H groups in total. The second-order valence-corrected chi connectivity index (χ2v) is 9.58. The number of rotatable bonds is 7. The van der Waals surface area contributed by atoms with Gasteiger partial charge >= 0.3 is 6.18 Å². The van der Waals surface area contributed by atoms with E-state index in [4.69, 9.17) is 0 Å². The summed E-state index contributed by atoms with van der Waals surface area (Å²) in [5, 5.41) is 12.7. The van der Waals surface area contributed by atoms with Crippen molar-refractivity contribution in [1.29, 1.82) is 0 Å². The van der Waals surface area contributed by atoms with E-state index in [1.54, 1.807) is 0 Å². The number of aliphatic hydroxyl groups excluding tert-OH is 1. The molecule has 0 aromatic heterocycles. The van der Waals surface area contributed by atoms with E-state index in [9.17, 15) is 27.9 Å². The van der Waals surface area contributed by atoms with Crippen molar-refractivity contribution in [2.24, 2.45) is 10.4 Å². The summed E-state index contributed by atoms with van der Waals surface area (Å²) >= 11 is 0. The van der Waals surface area contributed by atoms with Gasteiger partial charge in [0.2, 0.25) is 5.91 Å². The molecule has 1 fully saturated rings. The van der Waals surface area contributed by atoms with Crippen LogP contribution in [0.4, 0.5) is 18.9 Å². The second kappa shape index (κ2) is 10.7. The topological polar surface area (TPSA) is 85.2 Å². The van der Waals surface area contributed by atoms with Gasteiger partial charge in [0.1, 0.15) is 5.76 Å². The molecule has 1 aliphatic carbocycles. The lowest BCUT2D eigenvalue weighted by molar-refractivity contribution is -0.137. The van der Waals surface area contributed by atoms with Gasteiger partial charge in [0.25, 0.3) is 0 Å². The largest absolute Gasteiger partial charge is 0.511 e. The summed E-state index contributed by atoms with van der Waals surface area (Å²) in [7, 11) is 0. The van der Waals surface area contributed by atoms with Crippen molar-refractivity contribution in [1.82, 2.24) is 9.80 Å². The second-order valence-electron chi connectivity index (χ2n) is 9.58. The molecule has 10 heteroatoms. The zero-order valence-electron chi connectivity index (χ0n) is 19.5. The zero-order chi connectivity index (χ0) is 24.9. The van der Waals surface area contributed by atoms with Gasteiger partial charge in [-0.25, -0.2) is 0 Å². The van der Waals surface area contributed by atoms with Crippen LogP contribution in [0.25, 0.3) is 0 Å². The molecular formula is C24H31F3N4O3. The van der Waals surface area contributed by atoms with E-state index in [1.165, 1.54) is 18.3 Å². The number of nitrogens with zero attached hydrogens (tertiary/aromatic N) is 3. The molecule has 1 saturated heterocycles. The third kappa shape index (κ3) is 7.39. The third-order valence-electron chi connectivity index (χ3n) is 5.97. The van der Waals surface area contributed by atoms with E-state index in [0.29, 0.717) is 44.6 Å². The standard InChI is InChI=1S/C24H31F3N4O3/c1-23(2)13-20(32)19(21(33)14-23)15-28-6-7-30-8-10-31(11-9-30)16-22(34)29-18-5-3-4-17(12-18)24(25,26)27/h3-5,12,15,32H,6-11,13-14,16H2,1-2H3,(H,29,34). The van der Waals surface area contributed by atoms with Crippen molar-refractivity contribution < 1.29 is 27.9 Å². The first-order valence-corrected chi connectivity index (χ1v) is 11.3. The van der Waals surface area contributed by atoms with Gasteiger partial charge in [0.15, 0.2) is 5.78 Å². The molecule has 0 atom stereocenters. The van der Waals surface area contributed by atoms with Crippen molar-refractivity contribution >= 4 is 23.6 Å². The number of alkyl halides is 3. The Morgan fingerprint density at radius 2 is 1.85 bits per heavy atom. The number of nitrogens with one attached hydrogen (secondary N) is 1. The van der Waals surface area contributed by atoms with Crippen molar-refractivity contribution in [2.45, 2.75) is 32.9 Å². The van der Waals surface area contributed by atoms with Gasteiger partial charge in [0.05, 0.1) is 24.2 Å². The number of hydrogen-bond donors (Lipinski definition) is 2. The highest BCUT2D eigenvalue weighted by atomic mass is 19.4. The SMILES string of the molecule is CC1(C)CC(=O)C(C=NCCN2CCN(CC(=O)Nc3cccc(C(F)(F)F)c3)CC2)=C(O)C1. The van der Waals surface area contributed by atoms with Gasteiger partial charge < -0.3 is 10.4 Å². The van der Waals surface area contributed by atoms with Crippen LogP contribution in [-0.4, -0.2) is 78.6 Å². The molecule has 0 unspecified atom stereocenters. The summed E-state index contributed by atoms with van der Waals surface area (Å²) in [6.07, 6.45) is -2.13. The zero-order valence-corrected chi connectivity index (χ0v) is 19.5. The number of Topliss-reactive ketones (excluding diaryl/α,β-unsaturated/α-hetero) is 1. The molecule has 34 heavy (non-hydrogen) atoms. The monoisotopic (exact) mass is 480 g/mol. The van der Waals surface area contributed by atoms with Gasteiger partial charge in [-0.3, -0.25) is 24.4 Å². The predicted octanol–water partition coefficient (Wildman–Crippen LogP) is 3.53. The number of carbonyl (C=O) groups excluding carboxylic acids is 2. The van der Waals surface area contributed by atoms with E-state index >= 15 is 0 Å². The fourth-order valence-corrected chi connectivity index (χ4v) is 4.15. The summed E-state index contributed by atoms with van der Waals surface area (Å²) in [6.45, 7) is 7.94. The average Bonchev–Trinajstić information content (AvgIpc) is 2.72. The number of amides is 1. The number of carbonyl (C=O) groups is 2. The van der Waals surface area contributed by atoms with Crippen LogP contribution < -0.4 is 5.32 Å². The number of anilines is 1. The van der Waals surface area contributed by atoms with Crippen LogP contribution in [0, 0.1) is 5.41 Å². The molecule has 1 heterocycles. The minimum Gasteiger partial charge on any atom is -0.511 e. The van der Waals surface area contributed by atoms with Crippen LogP contribution >= 0.6 is 0 Å². The van der Waals surface area contributed by atoms with Gasteiger partial charge in [-0.15, -0.1) is 0 Å².